The van der Waals surface area contributed by atoms with Crippen LogP contribution in [0, 0.1) is 0 Å². The third-order valence-electron chi connectivity index (χ3n) is 2.83. The van der Waals surface area contributed by atoms with E-state index in [9.17, 15) is 4.79 Å². The molecule has 0 aromatic heterocycles. The van der Waals surface area contributed by atoms with Crippen LogP contribution in [0.2, 0.25) is 0 Å². The molecule has 102 valence electrons. The summed E-state index contributed by atoms with van der Waals surface area (Å²) in [4.78, 5) is 10.9. The Labute approximate surface area is 106 Å². The number of esters is 1. The van der Waals surface area contributed by atoms with Crippen molar-refractivity contribution in [2.24, 2.45) is 0 Å². The molecule has 0 saturated carbocycles. The smallest absolute Gasteiger partial charge is 0.334 e. The van der Waals surface area contributed by atoms with E-state index < -0.39 is 12.1 Å². The van der Waals surface area contributed by atoms with E-state index >= 15 is 0 Å². The van der Waals surface area contributed by atoms with Crippen molar-refractivity contribution in [3.8, 4) is 0 Å². The minimum atomic E-state index is -0.992. The maximum atomic E-state index is 10.9. The first-order chi connectivity index (χ1) is 8.18. The number of hydrogen-bond donors (Lipinski definition) is 1. The van der Waals surface area contributed by atoms with Gasteiger partial charge < -0.3 is 9.84 Å². The van der Waals surface area contributed by atoms with E-state index in [4.69, 9.17) is 9.84 Å². The molecule has 0 bridgehead atoms. The molecule has 3 heteroatoms. The lowest BCUT2D eigenvalue weighted by Gasteiger charge is -2.06. The molecule has 1 unspecified atom stereocenters. The van der Waals surface area contributed by atoms with Gasteiger partial charge in [0.05, 0.1) is 6.61 Å². The lowest BCUT2D eigenvalue weighted by Crippen LogP contribution is -2.19. The minimum absolute atomic E-state index is 0.444. The Morgan fingerprint density at radius 1 is 1.00 bits per heavy atom. The van der Waals surface area contributed by atoms with Gasteiger partial charge in [-0.05, 0) is 13.3 Å². The topological polar surface area (TPSA) is 46.5 Å². The first kappa shape index (κ1) is 16.4. The van der Waals surface area contributed by atoms with Crippen molar-refractivity contribution in [3.05, 3.63) is 0 Å². The van der Waals surface area contributed by atoms with Gasteiger partial charge in [-0.3, -0.25) is 0 Å². The summed E-state index contributed by atoms with van der Waals surface area (Å²) in [6, 6.07) is 0. The molecule has 0 saturated heterocycles. The molecule has 0 rings (SSSR count). The van der Waals surface area contributed by atoms with Crippen LogP contribution in [0.3, 0.4) is 0 Å². The van der Waals surface area contributed by atoms with Crippen LogP contribution in [0.25, 0.3) is 0 Å². The highest BCUT2D eigenvalue weighted by molar-refractivity contribution is 5.73. The van der Waals surface area contributed by atoms with Crippen molar-refractivity contribution in [2.75, 3.05) is 6.61 Å². The second kappa shape index (κ2) is 11.9. The average Bonchev–Trinajstić information content (AvgIpc) is 2.31. The molecule has 0 aromatic rings. The van der Waals surface area contributed by atoms with Gasteiger partial charge in [0.25, 0.3) is 0 Å². The van der Waals surface area contributed by atoms with Gasteiger partial charge in [0, 0.05) is 0 Å². The summed E-state index contributed by atoms with van der Waals surface area (Å²) in [6.07, 6.45) is 10.2. The summed E-state index contributed by atoms with van der Waals surface area (Å²) in [5.74, 6) is -0.510. The Morgan fingerprint density at radius 3 is 1.94 bits per heavy atom. The largest absolute Gasteiger partial charge is 0.464 e. The number of hydrogen-bond acceptors (Lipinski definition) is 3. The summed E-state index contributed by atoms with van der Waals surface area (Å²) in [5, 5.41) is 8.89. The van der Waals surface area contributed by atoms with Crippen molar-refractivity contribution >= 4 is 5.97 Å². The lowest BCUT2D eigenvalue weighted by atomic mass is 10.1. The Kier molecular flexibility index (Phi) is 11.5. The molecule has 1 N–H and O–H groups in total. The Hall–Kier alpha value is -0.570. The minimum Gasteiger partial charge on any atom is -0.464 e. The lowest BCUT2D eigenvalue weighted by molar-refractivity contribution is -0.152. The number of rotatable bonds is 11. The van der Waals surface area contributed by atoms with Crippen LogP contribution in [0.1, 0.15) is 71.6 Å². The summed E-state index contributed by atoms with van der Waals surface area (Å²) in [7, 11) is 0. The van der Waals surface area contributed by atoms with Crippen LogP contribution < -0.4 is 0 Å². The van der Waals surface area contributed by atoms with Crippen LogP contribution in [0.4, 0.5) is 0 Å². The molecular formula is C14H28O3. The molecule has 0 fully saturated rings. The number of carbonyl (C=O) groups excluding carboxylic acids is 1. The van der Waals surface area contributed by atoms with Gasteiger partial charge >= 0.3 is 5.97 Å². The highest BCUT2D eigenvalue weighted by Crippen LogP contribution is 2.09. The van der Waals surface area contributed by atoms with Crippen LogP contribution in [0.5, 0.6) is 0 Å². The van der Waals surface area contributed by atoms with Gasteiger partial charge in [-0.25, -0.2) is 4.79 Å². The van der Waals surface area contributed by atoms with Crippen molar-refractivity contribution in [1.82, 2.24) is 0 Å². The molecule has 1 atom stereocenters. The van der Waals surface area contributed by atoms with Gasteiger partial charge in [0.1, 0.15) is 6.10 Å². The van der Waals surface area contributed by atoms with E-state index in [1.165, 1.54) is 51.9 Å². The summed E-state index contributed by atoms with van der Waals surface area (Å²) in [5.41, 5.74) is 0. The van der Waals surface area contributed by atoms with Crippen LogP contribution in [0.15, 0.2) is 0 Å². The van der Waals surface area contributed by atoms with Crippen LogP contribution in [-0.2, 0) is 9.53 Å². The van der Waals surface area contributed by atoms with Crippen LogP contribution in [-0.4, -0.2) is 23.8 Å². The molecule has 0 heterocycles. The highest BCUT2D eigenvalue weighted by Gasteiger charge is 2.08. The molecule has 0 aromatic carbocycles. The zero-order chi connectivity index (χ0) is 12.9. The van der Waals surface area contributed by atoms with E-state index in [1.807, 2.05) is 0 Å². The number of aliphatic hydroxyl groups is 1. The SMILES string of the molecule is CCCCCCCCCCCOC(=O)C(C)O. The van der Waals surface area contributed by atoms with E-state index in [0.717, 1.165) is 12.8 Å². The van der Waals surface area contributed by atoms with Crippen LogP contribution >= 0.6 is 0 Å². The molecule has 0 amide bonds. The fraction of sp³-hybridized carbons (Fsp3) is 0.929. The third-order valence-corrected chi connectivity index (χ3v) is 2.83. The molecule has 0 aliphatic rings. The highest BCUT2D eigenvalue weighted by atomic mass is 16.5. The number of unbranched alkanes of at least 4 members (excludes halogenated alkanes) is 8. The molecule has 17 heavy (non-hydrogen) atoms. The normalized spacial score (nSPS) is 12.4. The second-order valence-electron chi connectivity index (χ2n) is 4.67. The molecule has 3 nitrogen and oxygen atoms in total. The van der Waals surface area contributed by atoms with Gasteiger partial charge in [-0.2, -0.15) is 0 Å². The second-order valence-corrected chi connectivity index (χ2v) is 4.67. The summed E-state index contributed by atoms with van der Waals surface area (Å²) >= 11 is 0. The first-order valence-electron chi connectivity index (χ1n) is 7.03. The Balaban J connectivity index is 3.06. The van der Waals surface area contributed by atoms with E-state index in [0.29, 0.717) is 6.61 Å². The summed E-state index contributed by atoms with van der Waals surface area (Å²) in [6.45, 7) is 4.10. The van der Waals surface area contributed by atoms with E-state index in [-0.39, 0.29) is 0 Å². The molecule has 0 aliphatic carbocycles. The first-order valence-corrected chi connectivity index (χ1v) is 7.03. The van der Waals surface area contributed by atoms with Gasteiger partial charge in [0.15, 0.2) is 0 Å². The molecule has 0 aliphatic heterocycles. The predicted octanol–water partition coefficient (Wildman–Crippen LogP) is 3.44. The average molecular weight is 244 g/mol. The van der Waals surface area contributed by atoms with Crippen molar-refractivity contribution in [1.29, 1.82) is 0 Å². The van der Waals surface area contributed by atoms with Gasteiger partial charge in [0.2, 0.25) is 0 Å². The van der Waals surface area contributed by atoms with Gasteiger partial charge in [-0.15, -0.1) is 0 Å². The monoisotopic (exact) mass is 244 g/mol. The standard InChI is InChI=1S/C14H28O3/c1-3-4-5-6-7-8-9-10-11-12-17-14(16)13(2)15/h13,15H,3-12H2,1-2H3. The van der Waals surface area contributed by atoms with Gasteiger partial charge in [-0.1, -0.05) is 58.3 Å². The number of aliphatic hydroxyl groups excluding tert-OH is 1. The van der Waals surface area contributed by atoms with E-state index in [2.05, 4.69) is 6.92 Å². The number of ether oxygens (including phenoxy) is 1. The van der Waals surface area contributed by atoms with Crippen molar-refractivity contribution in [3.63, 3.8) is 0 Å². The molecule has 0 spiro atoms. The zero-order valence-electron chi connectivity index (χ0n) is 11.4. The molecular weight excluding hydrogens is 216 g/mol. The quantitative estimate of drug-likeness (QED) is 0.447. The number of carbonyl (C=O) groups is 1. The maximum absolute atomic E-state index is 10.9. The summed E-state index contributed by atoms with van der Waals surface area (Å²) < 4.78 is 4.87. The Bertz CT molecular complexity index is 178. The molecule has 0 radical (unpaired) electrons. The fourth-order valence-electron chi connectivity index (χ4n) is 1.71. The zero-order valence-corrected chi connectivity index (χ0v) is 11.4. The maximum Gasteiger partial charge on any atom is 0.334 e. The van der Waals surface area contributed by atoms with E-state index in [1.54, 1.807) is 0 Å². The van der Waals surface area contributed by atoms with Crippen molar-refractivity contribution < 1.29 is 14.6 Å². The fourth-order valence-corrected chi connectivity index (χ4v) is 1.71. The third kappa shape index (κ3) is 11.7. The Morgan fingerprint density at radius 2 is 1.47 bits per heavy atom. The van der Waals surface area contributed by atoms with Crippen molar-refractivity contribution in [2.45, 2.75) is 77.7 Å². The predicted molar refractivity (Wildman–Crippen MR) is 69.9 cm³/mol.